The van der Waals surface area contributed by atoms with Crippen molar-refractivity contribution in [2.75, 3.05) is 0 Å². The fourth-order valence-corrected chi connectivity index (χ4v) is 3.19. The Morgan fingerprint density at radius 2 is 0.952 bits per heavy atom. The molecule has 1 saturated carbocycles. The minimum atomic E-state index is 0.706. The summed E-state index contributed by atoms with van der Waals surface area (Å²) in [5, 5.41) is 0. The van der Waals surface area contributed by atoms with E-state index in [1.807, 2.05) is 0 Å². The van der Waals surface area contributed by atoms with Crippen LogP contribution in [0.2, 0.25) is 0 Å². The Labute approximate surface area is 126 Å². The van der Waals surface area contributed by atoms with Gasteiger partial charge in [-0.15, -0.1) is 0 Å². The van der Waals surface area contributed by atoms with Gasteiger partial charge in [-0.1, -0.05) is 84.9 Å². The van der Waals surface area contributed by atoms with Crippen molar-refractivity contribution < 1.29 is 0 Å². The first-order valence-corrected chi connectivity index (χ1v) is 7.62. The molecule has 102 valence electrons. The maximum absolute atomic E-state index is 2.30. The van der Waals surface area contributed by atoms with E-state index < -0.39 is 0 Å². The fraction of sp³-hybridized carbons (Fsp3) is 0.143. The summed E-state index contributed by atoms with van der Waals surface area (Å²) in [6.07, 6.45) is 1.29. The summed E-state index contributed by atoms with van der Waals surface area (Å²) in [5.41, 5.74) is 5.55. The van der Waals surface area contributed by atoms with Gasteiger partial charge in [-0.3, -0.25) is 0 Å². The maximum atomic E-state index is 2.30. The summed E-state index contributed by atoms with van der Waals surface area (Å²) in [5.74, 6) is 1.42. The van der Waals surface area contributed by atoms with Gasteiger partial charge in [-0.05, 0) is 40.5 Å². The highest BCUT2D eigenvalue weighted by Gasteiger charge is 2.39. The van der Waals surface area contributed by atoms with Crippen LogP contribution in [0.5, 0.6) is 0 Å². The second-order valence-electron chi connectivity index (χ2n) is 5.85. The summed E-state index contributed by atoms with van der Waals surface area (Å²) in [4.78, 5) is 0. The van der Waals surface area contributed by atoms with E-state index in [1.165, 1.54) is 28.7 Å². The molecule has 0 nitrogen and oxygen atoms in total. The van der Waals surface area contributed by atoms with E-state index in [4.69, 9.17) is 0 Å². The van der Waals surface area contributed by atoms with Crippen molar-refractivity contribution >= 4 is 0 Å². The van der Waals surface area contributed by atoms with Gasteiger partial charge in [-0.2, -0.15) is 0 Å². The van der Waals surface area contributed by atoms with E-state index >= 15 is 0 Å². The van der Waals surface area contributed by atoms with Crippen molar-refractivity contribution in [1.29, 1.82) is 0 Å². The zero-order valence-electron chi connectivity index (χ0n) is 11.9. The first-order valence-electron chi connectivity index (χ1n) is 7.62. The lowest BCUT2D eigenvalue weighted by Gasteiger charge is -2.05. The Morgan fingerprint density at radius 3 is 1.57 bits per heavy atom. The molecule has 0 heterocycles. The van der Waals surface area contributed by atoms with Crippen LogP contribution in [0.15, 0.2) is 84.9 Å². The van der Waals surface area contributed by atoms with Crippen LogP contribution in [0.3, 0.4) is 0 Å². The summed E-state index contributed by atoms with van der Waals surface area (Å²) in [7, 11) is 0. The Hall–Kier alpha value is -2.34. The van der Waals surface area contributed by atoms with Gasteiger partial charge in [0.15, 0.2) is 0 Å². The van der Waals surface area contributed by atoms with E-state index in [9.17, 15) is 0 Å². The van der Waals surface area contributed by atoms with Crippen LogP contribution < -0.4 is 0 Å². The normalized spacial score (nSPS) is 20.2. The van der Waals surface area contributed by atoms with Crippen LogP contribution in [0, 0.1) is 0 Å². The highest BCUT2D eigenvalue weighted by Crippen LogP contribution is 2.54. The molecule has 0 bridgehead atoms. The summed E-state index contributed by atoms with van der Waals surface area (Å²) < 4.78 is 0. The molecule has 3 aromatic rings. The Bertz CT molecular complexity index is 711. The highest BCUT2D eigenvalue weighted by atomic mass is 14.4. The topological polar surface area (TPSA) is 0 Å². The molecule has 0 spiro atoms. The smallest absolute Gasteiger partial charge is 0.00868 e. The van der Waals surface area contributed by atoms with Gasteiger partial charge in [0, 0.05) is 0 Å². The van der Waals surface area contributed by atoms with Crippen molar-refractivity contribution in [3.05, 3.63) is 96.1 Å². The third-order valence-corrected chi connectivity index (χ3v) is 4.46. The van der Waals surface area contributed by atoms with E-state index in [-0.39, 0.29) is 0 Å². The summed E-state index contributed by atoms with van der Waals surface area (Å²) in [6, 6.07) is 30.6. The third kappa shape index (κ3) is 2.50. The van der Waals surface area contributed by atoms with Crippen LogP contribution in [0.4, 0.5) is 0 Å². The first kappa shape index (κ1) is 12.4. The van der Waals surface area contributed by atoms with Crippen LogP contribution >= 0.6 is 0 Å². The lowest BCUT2D eigenvalue weighted by atomic mass is 10.0. The van der Waals surface area contributed by atoms with E-state index in [1.54, 1.807) is 0 Å². The number of benzene rings is 3. The van der Waals surface area contributed by atoms with E-state index in [0.717, 1.165) is 0 Å². The molecule has 0 N–H and O–H groups in total. The van der Waals surface area contributed by atoms with Crippen LogP contribution in [0.25, 0.3) is 11.1 Å². The van der Waals surface area contributed by atoms with Crippen molar-refractivity contribution in [3.8, 4) is 11.1 Å². The third-order valence-electron chi connectivity index (χ3n) is 4.46. The highest BCUT2D eigenvalue weighted by molar-refractivity contribution is 5.63. The maximum Gasteiger partial charge on any atom is -0.00868 e. The summed E-state index contributed by atoms with van der Waals surface area (Å²) in [6.45, 7) is 0. The van der Waals surface area contributed by atoms with Gasteiger partial charge in [-0.25, -0.2) is 0 Å². The molecular formula is C21H18. The molecule has 0 amide bonds. The largest absolute Gasteiger partial charge is 0.0622 e. The Balaban J connectivity index is 1.54. The van der Waals surface area contributed by atoms with Crippen LogP contribution in [0.1, 0.15) is 29.4 Å². The number of hydrogen-bond donors (Lipinski definition) is 0. The van der Waals surface area contributed by atoms with Gasteiger partial charge in [0.25, 0.3) is 0 Å². The number of rotatable bonds is 3. The zero-order chi connectivity index (χ0) is 14.1. The second kappa shape index (κ2) is 5.21. The van der Waals surface area contributed by atoms with Crippen LogP contribution in [-0.4, -0.2) is 0 Å². The molecule has 1 aliphatic carbocycles. The van der Waals surface area contributed by atoms with Gasteiger partial charge in [0.05, 0.1) is 0 Å². The molecule has 4 rings (SSSR count). The average molecular weight is 270 g/mol. The molecule has 0 saturated heterocycles. The lowest BCUT2D eigenvalue weighted by Crippen LogP contribution is -1.85. The first-order chi connectivity index (χ1) is 10.4. The lowest BCUT2D eigenvalue weighted by molar-refractivity contribution is 1.03. The fourth-order valence-electron chi connectivity index (χ4n) is 3.19. The molecule has 0 heteroatoms. The molecule has 2 atom stereocenters. The van der Waals surface area contributed by atoms with Crippen molar-refractivity contribution in [1.82, 2.24) is 0 Å². The van der Waals surface area contributed by atoms with Crippen LogP contribution in [-0.2, 0) is 0 Å². The van der Waals surface area contributed by atoms with Gasteiger partial charge >= 0.3 is 0 Å². The Kier molecular flexibility index (Phi) is 3.08. The predicted octanol–water partition coefficient (Wildman–Crippen LogP) is 5.62. The van der Waals surface area contributed by atoms with Gasteiger partial charge < -0.3 is 0 Å². The molecule has 0 aliphatic heterocycles. The molecule has 1 fully saturated rings. The quantitative estimate of drug-likeness (QED) is 0.579. The Morgan fingerprint density at radius 1 is 0.476 bits per heavy atom. The molecule has 0 radical (unpaired) electrons. The molecule has 0 aromatic heterocycles. The SMILES string of the molecule is c1ccc(-c2ccc([C@H]3C[C@H]3c3ccccc3)cc2)cc1. The van der Waals surface area contributed by atoms with Gasteiger partial charge in [0.2, 0.25) is 0 Å². The minimum absolute atomic E-state index is 0.706. The molecule has 0 unspecified atom stereocenters. The minimum Gasteiger partial charge on any atom is -0.0622 e. The zero-order valence-corrected chi connectivity index (χ0v) is 11.9. The monoisotopic (exact) mass is 270 g/mol. The second-order valence-corrected chi connectivity index (χ2v) is 5.85. The van der Waals surface area contributed by atoms with Gasteiger partial charge in [0.1, 0.15) is 0 Å². The van der Waals surface area contributed by atoms with Crippen molar-refractivity contribution in [2.24, 2.45) is 0 Å². The standard InChI is InChI=1S/C21H18/c1-3-7-16(8-4-1)17-11-13-19(14-12-17)21-15-20(21)18-9-5-2-6-10-18/h1-14,20-21H,15H2/t20-,21+/m0/s1. The van der Waals surface area contributed by atoms with Crippen molar-refractivity contribution in [3.63, 3.8) is 0 Å². The van der Waals surface area contributed by atoms with E-state index in [0.29, 0.717) is 11.8 Å². The van der Waals surface area contributed by atoms with E-state index in [2.05, 4.69) is 84.9 Å². The van der Waals surface area contributed by atoms with Crippen molar-refractivity contribution in [2.45, 2.75) is 18.3 Å². The number of hydrogen-bond acceptors (Lipinski definition) is 0. The average Bonchev–Trinajstić information content (AvgIpc) is 3.37. The molecule has 3 aromatic carbocycles. The predicted molar refractivity (Wildman–Crippen MR) is 88.4 cm³/mol. The molecule has 1 aliphatic rings. The molecule has 21 heavy (non-hydrogen) atoms. The molecular weight excluding hydrogens is 252 g/mol. The summed E-state index contributed by atoms with van der Waals surface area (Å²) >= 11 is 0.